The number of benzene rings is 10. The molecule has 8 heteroatoms. The lowest BCUT2D eigenvalue weighted by Gasteiger charge is -2.26. The molecule has 0 radical (unpaired) electrons. The van der Waals surface area contributed by atoms with Crippen molar-refractivity contribution in [2.75, 3.05) is 4.90 Å². The molecule has 0 aliphatic heterocycles. The summed E-state index contributed by atoms with van der Waals surface area (Å²) in [5, 5.41) is 4.55. The van der Waals surface area contributed by atoms with E-state index in [1.807, 2.05) is 65.6 Å². The van der Waals surface area contributed by atoms with Gasteiger partial charge in [0.15, 0.2) is 23.3 Å². The summed E-state index contributed by atoms with van der Waals surface area (Å²) in [5.41, 5.74) is 11.7. The number of fused-ring (bicyclic) bond motifs is 6. The molecule has 0 aliphatic carbocycles. The molecule has 2 heterocycles. The van der Waals surface area contributed by atoms with E-state index >= 15 is 0 Å². The molecule has 3 nitrogen and oxygen atoms in total. The number of hydrogen-bond acceptors (Lipinski definition) is 1. The van der Waals surface area contributed by atoms with Gasteiger partial charge >= 0.3 is 0 Å². The Labute approximate surface area is 387 Å². The number of anilines is 3. The van der Waals surface area contributed by atoms with Crippen molar-refractivity contribution in [1.82, 2.24) is 9.13 Å². The summed E-state index contributed by atoms with van der Waals surface area (Å²) < 4.78 is 77.1. The molecular formula is C60H36F5N3. The third kappa shape index (κ3) is 6.63. The monoisotopic (exact) mass is 893 g/mol. The van der Waals surface area contributed by atoms with Crippen LogP contribution in [0.25, 0.3) is 88.4 Å². The van der Waals surface area contributed by atoms with E-state index in [4.69, 9.17) is 0 Å². The van der Waals surface area contributed by atoms with E-state index in [0.29, 0.717) is 5.69 Å². The number of aromatic nitrogens is 2. The largest absolute Gasteiger partial charge is 0.311 e. The van der Waals surface area contributed by atoms with Gasteiger partial charge in [0, 0.05) is 50.0 Å². The minimum atomic E-state index is -2.20. The Morgan fingerprint density at radius 1 is 0.265 bits per heavy atom. The second-order valence-corrected chi connectivity index (χ2v) is 16.8. The first-order chi connectivity index (χ1) is 33.3. The van der Waals surface area contributed by atoms with E-state index in [9.17, 15) is 22.0 Å². The smallest absolute Gasteiger partial charge is 0.200 e. The highest BCUT2D eigenvalue weighted by atomic mass is 19.2. The van der Waals surface area contributed by atoms with Crippen LogP contribution in [0.3, 0.4) is 0 Å². The SMILES string of the molecule is Fc1c(F)c(F)c(-c2ccc(N(c3ccc(-c4ccc5c(c4)c4ccccc4n5-c4ccccc4)cc3)c3ccc(-c4ccc5c(c4)c4ccccc4n5-c4ccccc4)cc3)cc2)c(F)c1F. The fraction of sp³-hybridized carbons (Fsp3) is 0. The predicted molar refractivity (Wildman–Crippen MR) is 266 cm³/mol. The van der Waals surface area contributed by atoms with E-state index in [2.05, 4.69) is 143 Å². The number of para-hydroxylation sites is 4. The third-order valence-electron chi connectivity index (χ3n) is 12.9. The third-order valence-corrected chi connectivity index (χ3v) is 12.9. The Morgan fingerprint density at radius 3 is 1.00 bits per heavy atom. The summed E-state index contributed by atoms with van der Waals surface area (Å²) in [5.74, 6) is -9.96. The van der Waals surface area contributed by atoms with Crippen LogP contribution in [0.5, 0.6) is 0 Å². The van der Waals surface area contributed by atoms with Crippen molar-refractivity contribution in [3.05, 3.63) is 247 Å². The lowest BCUT2D eigenvalue weighted by molar-refractivity contribution is 0.381. The Kier molecular flexibility index (Phi) is 9.76. The Balaban J connectivity index is 0.936. The minimum Gasteiger partial charge on any atom is -0.311 e. The number of nitrogens with zero attached hydrogens (tertiary/aromatic N) is 3. The number of hydrogen-bond donors (Lipinski definition) is 0. The van der Waals surface area contributed by atoms with Crippen LogP contribution in [0, 0.1) is 29.1 Å². The van der Waals surface area contributed by atoms with Crippen molar-refractivity contribution in [3.63, 3.8) is 0 Å². The van der Waals surface area contributed by atoms with Crippen LogP contribution < -0.4 is 4.90 Å². The summed E-state index contributed by atoms with van der Waals surface area (Å²) in [7, 11) is 0. The van der Waals surface area contributed by atoms with Crippen LogP contribution in [0.15, 0.2) is 218 Å². The zero-order chi connectivity index (χ0) is 46.0. The van der Waals surface area contributed by atoms with Gasteiger partial charge in [-0.15, -0.1) is 0 Å². The minimum absolute atomic E-state index is 0.153. The molecule has 0 spiro atoms. The highest BCUT2D eigenvalue weighted by Gasteiger charge is 2.27. The molecule has 326 valence electrons. The van der Waals surface area contributed by atoms with Gasteiger partial charge in [-0.1, -0.05) is 121 Å². The van der Waals surface area contributed by atoms with E-state index in [-0.39, 0.29) is 5.56 Å². The van der Waals surface area contributed by atoms with E-state index in [0.717, 1.165) is 88.6 Å². The predicted octanol–water partition coefficient (Wildman–Crippen LogP) is 17.0. The normalized spacial score (nSPS) is 11.6. The zero-order valence-electron chi connectivity index (χ0n) is 36.0. The van der Waals surface area contributed by atoms with Gasteiger partial charge in [-0.2, -0.15) is 0 Å². The molecule has 12 aromatic rings. The molecule has 0 atom stereocenters. The molecule has 12 rings (SSSR count). The molecule has 0 amide bonds. The number of halogens is 5. The van der Waals surface area contributed by atoms with Crippen molar-refractivity contribution < 1.29 is 22.0 Å². The van der Waals surface area contributed by atoms with E-state index in [1.165, 1.54) is 12.1 Å². The van der Waals surface area contributed by atoms with Crippen molar-refractivity contribution in [3.8, 4) is 44.8 Å². The fourth-order valence-corrected chi connectivity index (χ4v) is 9.70. The van der Waals surface area contributed by atoms with E-state index < -0.39 is 34.6 Å². The van der Waals surface area contributed by atoms with Crippen molar-refractivity contribution >= 4 is 60.7 Å². The van der Waals surface area contributed by atoms with Gasteiger partial charge in [0.05, 0.1) is 27.6 Å². The van der Waals surface area contributed by atoms with Gasteiger partial charge < -0.3 is 14.0 Å². The summed E-state index contributed by atoms with van der Waals surface area (Å²) >= 11 is 0. The fourth-order valence-electron chi connectivity index (χ4n) is 9.70. The van der Waals surface area contributed by atoms with Crippen molar-refractivity contribution in [2.24, 2.45) is 0 Å². The lowest BCUT2D eigenvalue weighted by atomic mass is 10.0. The Bertz CT molecular complexity index is 3650. The number of rotatable bonds is 8. The molecular weight excluding hydrogens is 858 g/mol. The highest BCUT2D eigenvalue weighted by molar-refractivity contribution is 6.11. The second kappa shape index (κ2) is 16.3. The maximum absolute atomic E-state index is 15.0. The molecule has 0 unspecified atom stereocenters. The topological polar surface area (TPSA) is 13.1 Å². The lowest BCUT2D eigenvalue weighted by Crippen LogP contribution is -2.10. The molecule has 0 bridgehead atoms. The molecule has 10 aromatic carbocycles. The first-order valence-electron chi connectivity index (χ1n) is 22.1. The van der Waals surface area contributed by atoms with Gasteiger partial charge in [0.2, 0.25) is 5.82 Å². The summed E-state index contributed by atoms with van der Waals surface area (Å²) in [6.07, 6.45) is 0. The van der Waals surface area contributed by atoms with Crippen LogP contribution in [0.1, 0.15) is 0 Å². The first kappa shape index (κ1) is 40.7. The van der Waals surface area contributed by atoms with Crippen LogP contribution in [-0.4, -0.2) is 9.13 Å². The molecule has 0 N–H and O–H groups in total. The van der Waals surface area contributed by atoms with Gasteiger partial charge in [-0.25, -0.2) is 22.0 Å². The molecule has 68 heavy (non-hydrogen) atoms. The summed E-state index contributed by atoms with van der Waals surface area (Å²) in [6.45, 7) is 0. The molecule has 0 saturated heterocycles. The molecule has 0 aliphatic rings. The first-order valence-corrected chi connectivity index (χ1v) is 22.1. The molecule has 0 fully saturated rings. The van der Waals surface area contributed by atoms with Crippen LogP contribution in [-0.2, 0) is 0 Å². The van der Waals surface area contributed by atoms with Crippen molar-refractivity contribution in [2.45, 2.75) is 0 Å². The Hall–Kier alpha value is -8.75. The van der Waals surface area contributed by atoms with Gasteiger partial charge in [0.1, 0.15) is 0 Å². The molecule has 2 aromatic heterocycles. The van der Waals surface area contributed by atoms with Gasteiger partial charge in [-0.3, -0.25) is 0 Å². The van der Waals surface area contributed by atoms with E-state index in [1.54, 1.807) is 12.1 Å². The van der Waals surface area contributed by atoms with Crippen molar-refractivity contribution in [1.29, 1.82) is 0 Å². The van der Waals surface area contributed by atoms with Gasteiger partial charge in [0.25, 0.3) is 0 Å². The van der Waals surface area contributed by atoms with Crippen LogP contribution >= 0.6 is 0 Å². The average molecular weight is 894 g/mol. The Morgan fingerprint density at radius 2 is 0.588 bits per heavy atom. The van der Waals surface area contributed by atoms with Crippen LogP contribution in [0.2, 0.25) is 0 Å². The highest BCUT2D eigenvalue weighted by Crippen LogP contribution is 2.41. The average Bonchev–Trinajstić information content (AvgIpc) is 3.91. The summed E-state index contributed by atoms with van der Waals surface area (Å²) in [6, 6.07) is 72.6. The standard InChI is InChI=1S/C60H36F5N3/c61-56-55(57(62)59(64)60(65)58(56)63)39-23-31-46(32-24-39)66(44-27-19-37(20-28-44)40-25-33-53-49(35-40)47-15-7-9-17-51(47)67(53)42-11-3-1-4-12-42)45-29-21-38(22-30-45)41-26-34-54-50(36-41)48-16-8-10-18-52(48)68(54)43-13-5-2-6-14-43/h1-36H. The quantitative estimate of drug-likeness (QED) is 0.0841. The van der Waals surface area contributed by atoms with Gasteiger partial charge in [-0.05, 0) is 125 Å². The van der Waals surface area contributed by atoms with Crippen LogP contribution in [0.4, 0.5) is 39.0 Å². The second-order valence-electron chi connectivity index (χ2n) is 16.8. The molecule has 0 saturated carbocycles. The maximum Gasteiger partial charge on any atom is 0.200 e. The summed E-state index contributed by atoms with van der Waals surface area (Å²) in [4.78, 5) is 1.99. The maximum atomic E-state index is 15.0. The zero-order valence-corrected chi connectivity index (χ0v) is 36.0.